The van der Waals surface area contributed by atoms with Crippen LogP contribution in [0.4, 0.5) is 5.95 Å². The van der Waals surface area contributed by atoms with Gasteiger partial charge in [-0.3, -0.25) is 9.36 Å². The largest absolute Gasteiger partial charge is 0.489 e. The molecule has 2 heterocycles. The zero-order valence-corrected chi connectivity index (χ0v) is 20.5. The van der Waals surface area contributed by atoms with E-state index in [4.69, 9.17) is 4.74 Å². The number of aromatic amines is 1. The molecule has 37 heavy (non-hydrogen) atoms. The number of para-hydroxylation sites is 1. The molecule has 9 nitrogen and oxygen atoms in total. The van der Waals surface area contributed by atoms with Gasteiger partial charge in [0.15, 0.2) is 5.82 Å². The van der Waals surface area contributed by atoms with Gasteiger partial charge < -0.3 is 9.64 Å². The fourth-order valence-corrected chi connectivity index (χ4v) is 4.32. The van der Waals surface area contributed by atoms with Crippen molar-refractivity contribution in [2.45, 2.75) is 26.1 Å². The number of nitrogens with zero attached hydrogens (tertiary/aromatic N) is 6. The first-order chi connectivity index (χ1) is 18.0. The Balaban J connectivity index is 1.55. The summed E-state index contributed by atoms with van der Waals surface area (Å²) in [6.45, 7) is 2.93. The first-order valence-electron chi connectivity index (χ1n) is 11.9. The summed E-state index contributed by atoms with van der Waals surface area (Å²) in [6.07, 6.45) is -0.222. The smallest absolute Gasteiger partial charge is 0.272 e. The molecular weight excluding hydrogens is 466 g/mol. The Labute approximate surface area is 213 Å². The highest BCUT2D eigenvalue weighted by Gasteiger charge is 2.23. The van der Waals surface area contributed by atoms with Crippen molar-refractivity contribution < 1.29 is 4.74 Å². The van der Waals surface area contributed by atoms with Crippen LogP contribution in [0.15, 0.2) is 83.7 Å². The maximum Gasteiger partial charge on any atom is 0.272 e. The minimum Gasteiger partial charge on any atom is -0.489 e. The standard InChI is InChI=1S/C28H25N7O2/c1-19(37-22-11-4-3-5-12-22)17-35-26(25-23-13-6-7-14-24(23)27(36)32-30-25)31-33-28(35)34(2)18-21-10-8-9-20(15-21)16-29/h3-15,19H,17-18H2,1-2H3,(H,32,36). The summed E-state index contributed by atoms with van der Waals surface area (Å²) in [7, 11) is 1.92. The zero-order valence-electron chi connectivity index (χ0n) is 20.5. The Kier molecular flexibility index (Phi) is 6.64. The van der Waals surface area contributed by atoms with Crippen LogP contribution in [0.5, 0.6) is 5.75 Å². The number of fused-ring (bicyclic) bond motifs is 1. The molecule has 1 atom stereocenters. The lowest BCUT2D eigenvalue weighted by molar-refractivity contribution is 0.200. The van der Waals surface area contributed by atoms with Crippen LogP contribution in [0, 0.1) is 11.3 Å². The number of ether oxygens (including phenoxy) is 1. The van der Waals surface area contributed by atoms with E-state index in [1.54, 1.807) is 12.1 Å². The van der Waals surface area contributed by atoms with Crippen molar-refractivity contribution in [2.24, 2.45) is 0 Å². The maximum atomic E-state index is 12.4. The lowest BCUT2D eigenvalue weighted by Gasteiger charge is -2.22. The van der Waals surface area contributed by atoms with Crippen LogP contribution in [0.3, 0.4) is 0 Å². The number of hydrogen-bond acceptors (Lipinski definition) is 7. The van der Waals surface area contributed by atoms with Gasteiger partial charge in [0.05, 0.1) is 23.6 Å². The SMILES string of the molecule is CC(Cn1c(-c2n[nH]c(=O)c3ccccc23)nnc1N(C)Cc1cccc(C#N)c1)Oc1ccccc1. The van der Waals surface area contributed by atoms with Crippen molar-refractivity contribution >= 4 is 16.7 Å². The number of H-pyrrole nitrogens is 1. The highest BCUT2D eigenvalue weighted by atomic mass is 16.5. The monoisotopic (exact) mass is 491 g/mol. The summed E-state index contributed by atoms with van der Waals surface area (Å²) >= 11 is 0. The zero-order chi connectivity index (χ0) is 25.8. The minimum absolute atomic E-state index is 0.222. The van der Waals surface area contributed by atoms with Gasteiger partial charge in [0, 0.05) is 19.0 Å². The van der Waals surface area contributed by atoms with Crippen LogP contribution in [0.2, 0.25) is 0 Å². The molecule has 2 aromatic heterocycles. The molecule has 5 aromatic rings. The Bertz CT molecular complexity index is 1640. The number of benzene rings is 3. The molecule has 0 aliphatic carbocycles. The van der Waals surface area contributed by atoms with Gasteiger partial charge in [-0.15, -0.1) is 10.2 Å². The van der Waals surface area contributed by atoms with E-state index < -0.39 is 0 Å². The van der Waals surface area contributed by atoms with Crippen molar-refractivity contribution in [1.82, 2.24) is 25.0 Å². The second-order valence-electron chi connectivity index (χ2n) is 8.79. The molecule has 0 bridgehead atoms. The van der Waals surface area contributed by atoms with Crippen molar-refractivity contribution in [3.63, 3.8) is 0 Å². The van der Waals surface area contributed by atoms with E-state index >= 15 is 0 Å². The molecule has 0 amide bonds. The number of hydrogen-bond donors (Lipinski definition) is 1. The predicted octanol–water partition coefficient (Wildman–Crippen LogP) is 4.16. The molecule has 0 radical (unpaired) electrons. The third-order valence-electron chi connectivity index (χ3n) is 5.98. The molecule has 0 aliphatic rings. The van der Waals surface area contributed by atoms with Gasteiger partial charge in [-0.1, -0.05) is 48.5 Å². The predicted molar refractivity (Wildman–Crippen MR) is 141 cm³/mol. The molecule has 0 fully saturated rings. The Hall–Kier alpha value is -4.97. The number of anilines is 1. The van der Waals surface area contributed by atoms with Crippen molar-refractivity contribution in [3.05, 3.63) is 100 Å². The molecule has 9 heteroatoms. The first kappa shape index (κ1) is 23.8. The van der Waals surface area contributed by atoms with E-state index in [1.165, 1.54) is 0 Å². The van der Waals surface area contributed by atoms with Crippen LogP contribution in [-0.2, 0) is 13.1 Å². The van der Waals surface area contributed by atoms with E-state index in [2.05, 4.69) is 26.5 Å². The summed E-state index contributed by atoms with van der Waals surface area (Å²) < 4.78 is 8.11. The molecular formula is C28H25N7O2. The first-order valence-corrected chi connectivity index (χ1v) is 11.9. The summed E-state index contributed by atoms with van der Waals surface area (Å²) in [5, 5.41) is 26.4. The molecule has 1 N–H and O–H groups in total. The quantitative estimate of drug-likeness (QED) is 0.347. The number of aromatic nitrogens is 5. The number of nitriles is 1. The molecule has 0 spiro atoms. The fraction of sp³-hybridized carbons (Fsp3) is 0.179. The van der Waals surface area contributed by atoms with Gasteiger partial charge in [0.2, 0.25) is 5.95 Å². The van der Waals surface area contributed by atoms with E-state index in [1.807, 2.05) is 90.2 Å². The fourth-order valence-electron chi connectivity index (χ4n) is 4.32. The highest BCUT2D eigenvalue weighted by Crippen LogP contribution is 2.27. The van der Waals surface area contributed by atoms with Gasteiger partial charge in [-0.2, -0.15) is 10.4 Å². The molecule has 5 rings (SSSR count). The number of rotatable bonds is 8. The van der Waals surface area contributed by atoms with Crippen LogP contribution in [0.1, 0.15) is 18.1 Å². The van der Waals surface area contributed by atoms with E-state index in [9.17, 15) is 10.1 Å². The van der Waals surface area contributed by atoms with E-state index in [0.29, 0.717) is 46.9 Å². The van der Waals surface area contributed by atoms with Crippen LogP contribution in [0.25, 0.3) is 22.3 Å². The second kappa shape index (κ2) is 10.3. The normalized spacial score (nSPS) is 11.7. The lowest BCUT2D eigenvalue weighted by Crippen LogP contribution is -2.26. The topological polar surface area (TPSA) is 113 Å². The molecule has 184 valence electrons. The third kappa shape index (κ3) is 5.04. The van der Waals surface area contributed by atoms with Gasteiger partial charge in [-0.25, -0.2) is 5.10 Å². The summed E-state index contributed by atoms with van der Waals surface area (Å²) in [5.74, 6) is 1.89. The van der Waals surface area contributed by atoms with Crippen molar-refractivity contribution in [3.8, 4) is 23.3 Å². The number of nitrogens with one attached hydrogen (secondary N) is 1. The molecule has 0 saturated carbocycles. The Morgan fingerprint density at radius 2 is 1.78 bits per heavy atom. The van der Waals surface area contributed by atoms with Crippen molar-refractivity contribution in [1.29, 1.82) is 5.26 Å². The lowest BCUT2D eigenvalue weighted by atomic mass is 10.1. The second-order valence-corrected chi connectivity index (χ2v) is 8.79. The van der Waals surface area contributed by atoms with Gasteiger partial charge in [-0.05, 0) is 42.8 Å². The van der Waals surface area contributed by atoms with Gasteiger partial charge in [0.1, 0.15) is 17.5 Å². The highest BCUT2D eigenvalue weighted by molar-refractivity contribution is 5.92. The van der Waals surface area contributed by atoms with Crippen molar-refractivity contribution in [2.75, 3.05) is 11.9 Å². The minimum atomic E-state index is -0.263. The van der Waals surface area contributed by atoms with E-state index in [0.717, 1.165) is 11.3 Å². The summed E-state index contributed by atoms with van der Waals surface area (Å²) in [4.78, 5) is 14.4. The van der Waals surface area contributed by atoms with Crippen LogP contribution < -0.4 is 15.2 Å². The average Bonchev–Trinajstić information content (AvgIpc) is 3.33. The molecule has 3 aromatic carbocycles. The maximum absolute atomic E-state index is 12.4. The Morgan fingerprint density at radius 1 is 1.03 bits per heavy atom. The van der Waals surface area contributed by atoms with Crippen LogP contribution >= 0.6 is 0 Å². The third-order valence-corrected chi connectivity index (χ3v) is 5.98. The van der Waals surface area contributed by atoms with E-state index in [-0.39, 0.29) is 11.7 Å². The Morgan fingerprint density at radius 3 is 2.57 bits per heavy atom. The summed E-state index contributed by atoms with van der Waals surface area (Å²) in [6, 6.07) is 26.6. The van der Waals surface area contributed by atoms with Gasteiger partial charge >= 0.3 is 0 Å². The van der Waals surface area contributed by atoms with Gasteiger partial charge in [0.25, 0.3) is 5.56 Å². The molecule has 1 unspecified atom stereocenters. The molecule has 0 saturated heterocycles. The summed E-state index contributed by atoms with van der Waals surface area (Å²) in [5.41, 5.74) is 1.84. The van der Waals surface area contributed by atoms with Crippen LogP contribution in [-0.4, -0.2) is 38.1 Å². The average molecular weight is 492 g/mol. The molecule has 0 aliphatic heterocycles.